The minimum Gasteiger partial charge on any atom is -0.481 e. The maximum absolute atomic E-state index is 13.8. The minimum absolute atomic E-state index is 0.0848. The van der Waals surface area contributed by atoms with E-state index in [0.29, 0.717) is 23.3 Å². The smallest absolute Gasteiger partial charge is 0.304 e. The number of amides is 2. The molecule has 5 rings (SSSR count). The Balaban J connectivity index is 1.42. The molecule has 1 N–H and O–H groups in total. The van der Waals surface area contributed by atoms with Gasteiger partial charge < -0.3 is 10.0 Å². The number of thiazole rings is 1. The number of rotatable bonds is 10. The zero-order valence-electron chi connectivity index (χ0n) is 22.4. The predicted octanol–water partition coefficient (Wildman–Crippen LogP) is 6.02. The lowest BCUT2D eigenvalue weighted by molar-refractivity contribution is -0.141. The zero-order chi connectivity index (χ0) is 27.5. The molecular formula is C30H34N4O4S. The van der Waals surface area contributed by atoms with Crippen LogP contribution in [-0.4, -0.2) is 45.9 Å². The van der Waals surface area contributed by atoms with Crippen LogP contribution in [0.3, 0.4) is 0 Å². The van der Waals surface area contributed by atoms with E-state index in [0.717, 1.165) is 60.9 Å². The van der Waals surface area contributed by atoms with Crippen LogP contribution in [0.1, 0.15) is 58.3 Å². The normalized spacial score (nSPS) is 16.2. The Morgan fingerprint density at radius 2 is 1.77 bits per heavy atom. The highest BCUT2D eigenvalue weighted by atomic mass is 32.1. The number of carbonyl (C=O) groups is 3. The Morgan fingerprint density at radius 1 is 1.05 bits per heavy atom. The van der Waals surface area contributed by atoms with Gasteiger partial charge in [-0.15, -0.1) is 11.3 Å². The Labute approximate surface area is 232 Å². The molecule has 8 nitrogen and oxygen atoms in total. The molecule has 1 unspecified atom stereocenters. The maximum atomic E-state index is 13.8. The van der Waals surface area contributed by atoms with Gasteiger partial charge in [0.25, 0.3) is 0 Å². The summed E-state index contributed by atoms with van der Waals surface area (Å²) in [4.78, 5) is 49.9. The molecule has 204 valence electrons. The molecule has 2 fully saturated rings. The fourth-order valence-electron chi connectivity index (χ4n) is 5.45. The number of benzene rings is 1. The molecule has 2 heterocycles. The average molecular weight is 547 g/mol. The molecule has 2 aliphatic rings. The second kappa shape index (κ2) is 11.7. The standard InChI is InChI=1S/C30H34N4O4S/c1-19(35)33(2)27-14-11-21(17-31-27)24-9-5-6-10-25(24)26-18-39-30(32-26)34(23-12-13-23)29(38)22(16-28(36)37)15-20-7-3-4-8-20/h5-6,9-11,14,17-18,20,22-23H,3-4,7-8,12-13,15-16H2,1-2H3,(H,36,37). The van der Waals surface area contributed by atoms with Crippen molar-refractivity contribution in [3.05, 3.63) is 48.0 Å². The molecule has 2 saturated carbocycles. The molecular weight excluding hydrogens is 512 g/mol. The molecule has 0 radical (unpaired) electrons. The summed E-state index contributed by atoms with van der Waals surface area (Å²) >= 11 is 1.43. The maximum Gasteiger partial charge on any atom is 0.304 e. The molecule has 0 spiro atoms. The van der Waals surface area contributed by atoms with Crippen LogP contribution < -0.4 is 9.80 Å². The molecule has 2 aliphatic carbocycles. The van der Waals surface area contributed by atoms with Crippen LogP contribution in [0.15, 0.2) is 48.0 Å². The molecule has 39 heavy (non-hydrogen) atoms. The fourth-order valence-corrected chi connectivity index (χ4v) is 6.35. The van der Waals surface area contributed by atoms with Crippen molar-refractivity contribution >= 4 is 40.1 Å². The molecule has 9 heteroatoms. The van der Waals surface area contributed by atoms with Crippen LogP contribution in [0.5, 0.6) is 0 Å². The molecule has 0 saturated heterocycles. The fraction of sp³-hybridized carbons (Fsp3) is 0.433. The average Bonchev–Trinajstić information content (AvgIpc) is 3.40. The molecule has 2 amide bonds. The van der Waals surface area contributed by atoms with Gasteiger partial charge in [-0.25, -0.2) is 9.97 Å². The largest absolute Gasteiger partial charge is 0.481 e. The monoisotopic (exact) mass is 546 g/mol. The van der Waals surface area contributed by atoms with E-state index in [4.69, 9.17) is 4.98 Å². The number of carboxylic acid groups (broad SMARTS) is 1. The summed E-state index contributed by atoms with van der Waals surface area (Å²) in [5.41, 5.74) is 3.53. The Bertz CT molecular complexity index is 1350. The quantitative estimate of drug-likeness (QED) is 0.333. The first-order chi connectivity index (χ1) is 18.8. The Kier molecular flexibility index (Phi) is 8.07. The van der Waals surface area contributed by atoms with E-state index < -0.39 is 11.9 Å². The van der Waals surface area contributed by atoms with E-state index in [1.54, 1.807) is 18.1 Å². The lowest BCUT2D eigenvalue weighted by Gasteiger charge is -2.26. The first kappa shape index (κ1) is 27.0. The van der Waals surface area contributed by atoms with Crippen LogP contribution >= 0.6 is 11.3 Å². The first-order valence-corrected chi connectivity index (χ1v) is 14.5. The van der Waals surface area contributed by atoms with Crippen molar-refractivity contribution in [1.82, 2.24) is 9.97 Å². The highest BCUT2D eigenvalue weighted by Gasteiger charge is 2.40. The van der Waals surface area contributed by atoms with Gasteiger partial charge in [-0.1, -0.05) is 49.9 Å². The van der Waals surface area contributed by atoms with Gasteiger partial charge in [0.2, 0.25) is 11.8 Å². The molecule has 0 bridgehead atoms. The van der Waals surface area contributed by atoms with Gasteiger partial charge in [0.05, 0.1) is 12.1 Å². The molecule has 3 aromatic rings. The number of pyridine rings is 1. The molecule has 1 aromatic carbocycles. The third kappa shape index (κ3) is 6.19. The van der Waals surface area contributed by atoms with Crippen LogP contribution in [-0.2, 0) is 14.4 Å². The number of hydrogen-bond donors (Lipinski definition) is 1. The number of nitrogens with zero attached hydrogens (tertiary/aromatic N) is 4. The van der Waals surface area contributed by atoms with Gasteiger partial charge >= 0.3 is 5.97 Å². The lowest BCUT2D eigenvalue weighted by atomic mass is 9.90. The highest BCUT2D eigenvalue weighted by Crippen LogP contribution is 2.40. The summed E-state index contributed by atoms with van der Waals surface area (Å²) in [6.07, 6.45) is 8.54. The molecule has 2 aromatic heterocycles. The summed E-state index contributed by atoms with van der Waals surface area (Å²) in [5.74, 6) is -0.641. The van der Waals surface area contributed by atoms with Crippen molar-refractivity contribution in [3.63, 3.8) is 0 Å². The van der Waals surface area contributed by atoms with Gasteiger partial charge in [-0.3, -0.25) is 19.3 Å². The third-order valence-corrected chi connectivity index (χ3v) is 8.63. The van der Waals surface area contributed by atoms with Gasteiger partial charge in [-0.2, -0.15) is 0 Å². The van der Waals surface area contributed by atoms with Crippen molar-refractivity contribution in [2.75, 3.05) is 16.8 Å². The van der Waals surface area contributed by atoms with E-state index in [9.17, 15) is 19.5 Å². The summed E-state index contributed by atoms with van der Waals surface area (Å²) in [6.45, 7) is 1.50. The van der Waals surface area contributed by atoms with Crippen molar-refractivity contribution < 1.29 is 19.5 Å². The topological polar surface area (TPSA) is 104 Å². The summed E-state index contributed by atoms with van der Waals surface area (Å²) < 4.78 is 0. The number of carbonyl (C=O) groups excluding carboxylic acids is 2. The van der Waals surface area contributed by atoms with Gasteiger partial charge in [0.15, 0.2) is 5.13 Å². The minimum atomic E-state index is -0.926. The van der Waals surface area contributed by atoms with E-state index in [1.807, 2.05) is 41.8 Å². The number of anilines is 2. The Morgan fingerprint density at radius 3 is 2.38 bits per heavy atom. The second-order valence-electron chi connectivity index (χ2n) is 10.7. The van der Waals surface area contributed by atoms with Crippen molar-refractivity contribution in [2.45, 2.75) is 64.3 Å². The van der Waals surface area contributed by atoms with Crippen LogP contribution in [0.4, 0.5) is 10.9 Å². The van der Waals surface area contributed by atoms with Gasteiger partial charge in [0, 0.05) is 48.6 Å². The zero-order valence-corrected chi connectivity index (χ0v) is 23.2. The van der Waals surface area contributed by atoms with Crippen molar-refractivity contribution in [3.8, 4) is 22.4 Å². The number of aromatic nitrogens is 2. The van der Waals surface area contributed by atoms with Gasteiger partial charge in [-0.05, 0) is 42.9 Å². The third-order valence-electron chi connectivity index (χ3n) is 7.79. The lowest BCUT2D eigenvalue weighted by Crippen LogP contribution is -2.39. The van der Waals surface area contributed by atoms with Crippen molar-refractivity contribution in [2.24, 2.45) is 11.8 Å². The molecule has 1 atom stereocenters. The number of hydrogen-bond acceptors (Lipinski definition) is 6. The second-order valence-corrected chi connectivity index (χ2v) is 11.5. The predicted molar refractivity (Wildman–Crippen MR) is 153 cm³/mol. The Hall–Kier alpha value is -3.59. The van der Waals surface area contributed by atoms with Crippen LogP contribution in [0.25, 0.3) is 22.4 Å². The SMILES string of the molecule is CC(=O)N(C)c1ccc(-c2ccccc2-c2csc(N(C(=O)C(CC(=O)O)CC3CCCC3)C3CC3)n2)cn1. The summed E-state index contributed by atoms with van der Waals surface area (Å²) in [7, 11) is 1.69. The van der Waals surface area contributed by atoms with Gasteiger partial charge in [0.1, 0.15) is 5.82 Å². The number of carboxylic acids is 1. The van der Waals surface area contributed by atoms with E-state index >= 15 is 0 Å². The van der Waals surface area contributed by atoms with Crippen LogP contribution in [0.2, 0.25) is 0 Å². The van der Waals surface area contributed by atoms with E-state index in [1.165, 1.54) is 23.2 Å². The molecule has 0 aliphatic heterocycles. The van der Waals surface area contributed by atoms with Crippen LogP contribution in [0, 0.1) is 11.8 Å². The summed E-state index contributed by atoms with van der Waals surface area (Å²) in [6, 6.07) is 11.8. The highest BCUT2D eigenvalue weighted by molar-refractivity contribution is 7.14. The number of aliphatic carboxylic acids is 1. The first-order valence-electron chi connectivity index (χ1n) is 13.6. The van der Waals surface area contributed by atoms with Crippen molar-refractivity contribution in [1.29, 1.82) is 0 Å². The summed E-state index contributed by atoms with van der Waals surface area (Å²) in [5, 5.41) is 12.2. The van der Waals surface area contributed by atoms with E-state index in [2.05, 4.69) is 4.98 Å². The van der Waals surface area contributed by atoms with E-state index in [-0.39, 0.29) is 24.3 Å².